The van der Waals surface area contributed by atoms with Gasteiger partial charge in [-0.3, -0.25) is 0 Å². The number of nitrogens with zero attached hydrogens (tertiary/aromatic N) is 2. The molecule has 1 aromatic rings. The maximum Gasteiger partial charge on any atom is 0.0684 e. The van der Waals surface area contributed by atoms with Crippen LogP contribution < -0.4 is 5.73 Å². The van der Waals surface area contributed by atoms with Gasteiger partial charge >= 0.3 is 0 Å². The van der Waals surface area contributed by atoms with Crippen LogP contribution >= 0.6 is 0 Å². The Morgan fingerprint density at radius 1 is 1.56 bits per heavy atom. The van der Waals surface area contributed by atoms with Crippen molar-refractivity contribution in [2.75, 3.05) is 0 Å². The van der Waals surface area contributed by atoms with Crippen LogP contribution in [0.25, 0.3) is 0 Å². The molecular formula is C13H21N3. The second-order valence-corrected chi connectivity index (χ2v) is 5.18. The molecule has 1 rings (SSSR count). The van der Waals surface area contributed by atoms with Gasteiger partial charge < -0.3 is 10.3 Å². The summed E-state index contributed by atoms with van der Waals surface area (Å²) in [6.45, 7) is 6.84. The second-order valence-electron chi connectivity index (χ2n) is 5.18. The smallest absolute Gasteiger partial charge is 0.0684 e. The lowest BCUT2D eigenvalue weighted by molar-refractivity contribution is 0.413. The van der Waals surface area contributed by atoms with E-state index in [1.807, 2.05) is 20.8 Å². The van der Waals surface area contributed by atoms with Crippen LogP contribution in [0.1, 0.15) is 32.8 Å². The minimum atomic E-state index is -0.244. The fraction of sp³-hybridized carbons (Fsp3) is 0.615. The Morgan fingerprint density at radius 2 is 2.25 bits per heavy atom. The van der Waals surface area contributed by atoms with E-state index in [9.17, 15) is 0 Å². The lowest BCUT2D eigenvalue weighted by Crippen LogP contribution is -2.17. The van der Waals surface area contributed by atoms with Gasteiger partial charge in [0.1, 0.15) is 0 Å². The molecule has 2 N–H and O–H groups in total. The van der Waals surface area contributed by atoms with Gasteiger partial charge in [0.2, 0.25) is 0 Å². The quantitative estimate of drug-likeness (QED) is 0.826. The zero-order valence-corrected chi connectivity index (χ0v) is 10.4. The monoisotopic (exact) mass is 219 g/mol. The lowest BCUT2D eigenvalue weighted by atomic mass is 9.91. The first kappa shape index (κ1) is 12.8. The average molecular weight is 219 g/mol. The SMILES string of the molecule is CC(N)Cc1ccn(CCC(C)(C)C#N)c1. The van der Waals surface area contributed by atoms with Crippen molar-refractivity contribution in [1.29, 1.82) is 5.26 Å². The van der Waals surface area contributed by atoms with Crippen LogP contribution in [0.3, 0.4) is 0 Å². The summed E-state index contributed by atoms with van der Waals surface area (Å²) < 4.78 is 2.14. The van der Waals surface area contributed by atoms with Crippen molar-refractivity contribution >= 4 is 0 Å². The highest BCUT2D eigenvalue weighted by Gasteiger charge is 2.16. The van der Waals surface area contributed by atoms with E-state index in [0.29, 0.717) is 0 Å². The lowest BCUT2D eigenvalue weighted by Gasteiger charge is -2.14. The number of aryl methyl sites for hydroxylation is 1. The first-order valence-electron chi connectivity index (χ1n) is 5.74. The summed E-state index contributed by atoms with van der Waals surface area (Å²) in [7, 11) is 0. The second kappa shape index (κ2) is 5.18. The Morgan fingerprint density at radius 3 is 2.81 bits per heavy atom. The van der Waals surface area contributed by atoms with Gasteiger partial charge in [0.05, 0.1) is 11.5 Å². The van der Waals surface area contributed by atoms with Gasteiger partial charge in [0.15, 0.2) is 0 Å². The first-order chi connectivity index (χ1) is 7.43. The van der Waals surface area contributed by atoms with Crippen molar-refractivity contribution in [3.05, 3.63) is 24.0 Å². The van der Waals surface area contributed by atoms with Gasteiger partial charge in [0.25, 0.3) is 0 Å². The first-order valence-corrected chi connectivity index (χ1v) is 5.74. The summed E-state index contributed by atoms with van der Waals surface area (Å²) in [5.41, 5.74) is 6.77. The van der Waals surface area contributed by atoms with Crippen LogP contribution in [0.4, 0.5) is 0 Å². The molecule has 0 aliphatic rings. The predicted molar refractivity (Wildman–Crippen MR) is 65.8 cm³/mol. The third-order valence-corrected chi connectivity index (χ3v) is 2.67. The molecule has 1 unspecified atom stereocenters. The van der Waals surface area contributed by atoms with Crippen molar-refractivity contribution in [2.45, 2.75) is 46.2 Å². The van der Waals surface area contributed by atoms with Gasteiger partial charge in [-0.25, -0.2) is 0 Å². The summed E-state index contributed by atoms with van der Waals surface area (Å²) >= 11 is 0. The Bertz CT molecular complexity index is 369. The molecule has 16 heavy (non-hydrogen) atoms. The maximum atomic E-state index is 8.92. The highest BCUT2D eigenvalue weighted by Crippen LogP contribution is 2.19. The molecule has 0 spiro atoms. The minimum Gasteiger partial charge on any atom is -0.354 e. The summed E-state index contributed by atoms with van der Waals surface area (Å²) in [5, 5.41) is 8.92. The molecule has 0 aromatic carbocycles. The topological polar surface area (TPSA) is 54.7 Å². The van der Waals surface area contributed by atoms with Crippen molar-refractivity contribution < 1.29 is 0 Å². The Labute approximate surface area is 97.9 Å². The molecule has 1 aromatic heterocycles. The summed E-state index contributed by atoms with van der Waals surface area (Å²) in [6, 6.07) is 4.62. The molecule has 1 heterocycles. The number of hydrogen-bond donors (Lipinski definition) is 1. The molecule has 88 valence electrons. The fourth-order valence-electron chi connectivity index (χ4n) is 1.59. The Kier molecular flexibility index (Phi) is 4.14. The Balaban J connectivity index is 2.50. The number of rotatable bonds is 5. The largest absolute Gasteiger partial charge is 0.354 e. The molecule has 0 bridgehead atoms. The highest BCUT2D eigenvalue weighted by atomic mass is 14.9. The molecule has 0 radical (unpaired) electrons. The molecule has 3 nitrogen and oxygen atoms in total. The molecule has 3 heteroatoms. The zero-order chi connectivity index (χ0) is 12.2. The molecule has 0 aliphatic heterocycles. The van der Waals surface area contributed by atoms with Gasteiger partial charge in [-0.05, 0) is 45.2 Å². The van der Waals surface area contributed by atoms with Crippen LogP contribution in [0.5, 0.6) is 0 Å². The van der Waals surface area contributed by atoms with Gasteiger partial charge in [-0.1, -0.05) is 0 Å². The standard InChI is InChI=1S/C13H21N3/c1-11(15)8-12-4-6-16(9-12)7-5-13(2,3)10-14/h4,6,9,11H,5,7-8,15H2,1-3H3. The van der Waals surface area contributed by atoms with E-state index in [2.05, 4.69) is 29.1 Å². The predicted octanol–water partition coefficient (Wildman–Crippen LogP) is 2.32. The van der Waals surface area contributed by atoms with E-state index in [1.165, 1.54) is 5.56 Å². The minimum absolute atomic E-state index is 0.200. The van der Waals surface area contributed by atoms with Crippen molar-refractivity contribution in [3.8, 4) is 6.07 Å². The van der Waals surface area contributed by atoms with Crippen LogP contribution in [0.15, 0.2) is 18.5 Å². The van der Waals surface area contributed by atoms with Crippen LogP contribution in [-0.4, -0.2) is 10.6 Å². The van der Waals surface area contributed by atoms with Crippen LogP contribution in [0, 0.1) is 16.7 Å². The van der Waals surface area contributed by atoms with Gasteiger partial charge in [-0.15, -0.1) is 0 Å². The van der Waals surface area contributed by atoms with Crippen LogP contribution in [-0.2, 0) is 13.0 Å². The zero-order valence-electron chi connectivity index (χ0n) is 10.4. The molecule has 0 fully saturated rings. The third kappa shape index (κ3) is 4.08. The Hall–Kier alpha value is -1.27. The van der Waals surface area contributed by atoms with Gasteiger partial charge in [0, 0.05) is 25.0 Å². The van der Waals surface area contributed by atoms with Crippen molar-refractivity contribution in [2.24, 2.45) is 11.1 Å². The highest BCUT2D eigenvalue weighted by molar-refractivity contribution is 5.11. The molecule has 0 saturated carbocycles. The fourth-order valence-corrected chi connectivity index (χ4v) is 1.59. The number of aromatic nitrogens is 1. The molecule has 1 atom stereocenters. The van der Waals surface area contributed by atoms with Crippen LogP contribution in [0.2, 0.25) is 0 Å². The third-order valence-electron chi connectivity index (χ3n) is 2.67. The molecule has 0 amide bonds. The van der Waals surface area contributed by atoms with E-state index in [-0.39, 0.29) is 11.5 Å². The summed E-state index contributed by atoms with van der Waals surface area (Å²) in [4.78, 5) is 0. The van der Waals surface area contributed by atoms with E-state index in [4.69, 9.17) is 11.0 Å². The number of nitriles is 1. The number of nitrogens with two attached hydrogens (primary N) is 1. The van der Waals surface area contributed by atoms with Crippen molar-refractivity contribution in [3.63, 3.8) is 0 Å². The summed E-state index contributed by atoms with van der Waals surface area (Å²) in [6.07, 6.45) is 5.96. The molecule has 0 aliphatic carbocycles. The van der Waals surface area contributed by atoms with Crippen molar-refractivity contribution in [1.82, 2.24) is 4.57 Å². The molecule has 0 saturated heterocycles. The van der Waals surface area contributed by atoms with E-state index in [1.54, 1.807) is 0 Å². The summed E-state index contributed by atoms with van der Waals surface area (Å²) in [5.74, 6) is 0. The van der Waals surface area contributed by atoms with Gasteiger partial charge in [-0.2, -0.15) is 5.26 Å². The average Bonchev–Trinajstić information content (AvgIpc) is 2.62. The van der Waals surface area contributed by atoms with E-state index in [0.717, 1.165) is 19.4 Å². The van der Waals surface area contributed by atoms with E-state index < -0.39 is 0 Å². The van der Waals surface area contributed by atoms with E-state index >= 15 is 0 Å². The number of hydrogen-bond acceptors (Lipinski definition) is 2. The normalized spacial score (nSPS) is 13.4. The molecular weight excluding hydrogens is 198 g/mol. The maximum absolute atomic E-state index is 8.92.